The van der Waals surface area contributed by atoms with Crippen LogP contribution in [0.15, 0.2) is 0 Å². The molecule has 0 aromatic heterocycles. The monoisotopic (exact) mass is 822 g/mol. The van der Waals surface area contributed by atoms with E-state index in [4.69, 9.17) is 14.2 Å². The van der Waals surface area contributed by atoms with Gasteiger partial charge in [0.2, 0.25) is 0 Å². The Morgan fingerprint density at radius 2 is 0.724 bits per heavy atom. The average Bonchev–Trinajstić information content (AvgIpc) is 3.20. The quantitative estimate of drug-likeness (QED) is 0.0344. The first kappa shape index (κ1) is 56.4. The van der Waals surface area contributed by atoms with Crippen molar-refractivity contribution in [2.24, 2.45) is 17.8 Å². The van der Waals surface area contributed by atoms with E-state index in [1.54, 1.807) is 0 Å². The fourth-order valence-electron chi connectivity index (χ4n) is 8.21. The summed E-state index contributed by atoms with van der Waals surface area (Å²) in [6, 6.07) is 0. The van der Waals surface area contributed by atoms with Crippen molar-refractivity contribution in [2.45, 2.75) is 252 Å². The lowest BCUT2D eigenvalue weighted by atomic mass is 9.92. The molecule has 0 aliphatic heterocycles. The van der Waals surface area contributed by atoms with Crippen LogP contribution in [0.1, 0.15) is 252 Å². The molecule has 0 aromatic carbocycles. The van der Waals surface area contributed by atoms with Gasteiger partial charge >= 0.3 is 17.9 Å². The van der Waals surface area contributed by atoms with E-state index in [0.29, 0.717) is 44.5 Å². The van der Waals surface area contributed by atoms with Crippen LogP contribution >= 0.6 is 0 Å². The summed E-state index contributed by atoms with van der Waals surface area (Å²) in [5, 5.41) is 0. The summed E-state index contributed by atoms with van der Waals surface area (Å²) in [5.74, 6) is 1.30. The van der Waals surface area contributed by atoms with Gasteiger partial charge in [-0.25, -0.2) is 0 Å². The standard InChI is InChI=1S/C51H99NO6/c1-7-11-23-32-46(33-24-12-8-2)40-44-56-49(53)38-29-21-17-15-19-27-36-48(51(55)58-43-31-42-52(5)6)37-28-20-16-18-22-30-39-50(54)57-45-41-47(34-25-13-9-3)35-26-14-10-4/h46-48H,7-45H2,1-6H3. The highest BCUT2D eigenvalue weighted by Gasteiger charge is 2.19. The molecule has 0 aromatic rings. The summed E-state index contributed by atoms with van der Waals surface area (Å²) in [7, 11) is 4.09. The van der Waals surface area contributed by atoms with Crippen molar-refractivity contribution in [2.75, 3.05) is 40.5 Å². The first-order valence-corrected chi connectivity index (χ1v) is 25.4. The number of ether oxygens (including phenoxy) is 3. The van der Waals surface area contributed by atoms with Gasteiger partial charge in [0, 0.05) is 19.4 Å². The van der Waals surface area contributed by atoms with Gasteiger partial charge in [-0.3, -0.25) is 14.4 Å². The topological polar surface area (TPSA) is 82.1 Å². The van der Waals surface area contributed by atoms with Crippen LogP contribution in [0.5, 0.6) is 0 Å². The van der Waals surface area contributed by atoms with Crippen LogP contribution in [-0.4, -0.2) is 63.3 Å². The summed E-state index contributed by atoms with van der Waals surface area (Å²) in [5.41, 5.74) is 0. The van der Waals surface area contributed by atoms with Gasteiger partial charge in [0.15, 0.2) is 0 Å². The lowest BCUT2D eigenvalue weighted by Crippen LogP contribution is -2.21. The maximum absolute atomic E-state index is 13.1. The molecule has 0 fully saturated rings. The van der Waals surface area contributed by atoms with Crippen molar-refractivity contribution in [1.82, 2.24) is 4.90 Å². The van der Waals surface area contributed by atoms with E-state index in [1.165, 1.54) is 103 Å². The molecule has 0 saturated heterocycles. The van der Waals surface area contributed by atoms with Gasteiger partial charge < -0.3 is 19.1 Å². The first-order valence-electron chi connectivity index (χ1n) is 25.4. The number of hydrogen-bond donors (Lipinski definition) is 0. The van der Waals surface area contributed by atoms with E-state index in [1.807, 2.05) is 14.1 Å². The summed E-state index contributed by atoms with van der Waals surface area (Å²) in [6.07, 6.45) is 39.1. The molecule has 58 heavy (non-hydrogen) atoms. The van der Waals surface area contributed by atoms with Crippen LogP contribution in [0.4, 0.5) is 0 Å². The Kier molecular flexibility index (Phi) is 42.2. The lowest BCUT2D eigenvalue weighted by Gasteiger charge is -2.17. The Morgan fingerprint density at radius 3 is 1.09 bits per heavy atom. The average molecular weight is 822 g/mol. The molecule has 0 spiro atoms. The minimum Gasteiger partial charge on any atom is -0.466 e. The zero-order valence-electron chi connectivity index (χ0n) is 39.7. The van der Waals surface area contributed by atoms with E-state index in [0.717, 1.165) is 116 Å². The molecule has 7 nitrogen and oxygen atoms in total. The van der Waals surface area contributed by atoms with Crippen LogP contribution in [0.2, 0.25) is 0 Å². The highest BCUT2D eigenvalue weighted by Crippen LogP contribution is 2.24. The summed E-state index contributed by atoms with van der Waals surface area (Å²) in [6.45, 7) is 11.6. The maximum Gasteiger partial charge on any atom is 0.308 e. The van der Waals surface area contributed by atoms with Gasteiger partial charge in [-0.1, -0.05) is 195 Å². The summed E-state index contributed by atoms with van der Waals surface area (Å²) < 4.78 is 17.0. The van der Waals surface area contributed by atoms with E-state index in [2.05, 4.69) is 32.6 Å². The number of carbonyl (C=O) groups excluding carboxylic acids is 3. The van der Waals surface area contributed by atoms with Crippen molar-refractivity contribution >= 4 is 17.9 Å². The molecule has 7 heteroatoms. The SMILES string of the molecule is CCCCCC(CCCCC)CCOC(=O)CCCCCCCCC(CCCCCCCCC(=O)OCCC(CCCCC)CCCCC)C(=O)OCCCN(C)C. The van der Waals surface area contributed by atoms with E-state index in [-0.39, 0.29) is 23.8 Å². The second kappa shape index (κ2) is 43.5. The van der Waals surface area contributed by atoms with E-state index < -0.39 is 0 Å². The first-order chi connectivity index (χ1) is 28.3. The van der Waals surface area contributed by atoms with Crippen LogP contribution in [0, 0.1) is 17.8 Å². The highest BCUT2D eigenvalue weighted by atomic mass is 16.5. The number of carbonyl (C=O) groups is 3. The molecule has 0 aliphatic rings. The summed E-state index contributed by atoms with van der Waals surface area (Å²) in [4.78, 5) is 39.9. The molecule has 0 rings (SSSR count). The minimum atomic E-state index is -0.0300. The largest absolute Gasteiger partial charge is 0.466 e. The molecule has 0 amide bonds. The second-order valence-electron chi connectivity index (χ2n) is 18.1. The van der Waals surface area contributed by atoms with Gasteiger partial charge in [0.1, 0.15) is 0 Å². The van der Waals surface area contributed by atoms with Crippen LogP contribution in [-0.2, 0) is 28.6 Å². The number of rotatable bonds is 45. The molecular weight excluding hydrogens is 723 g/mol. The second-order valence-corrected chi connectivity index (χ2v) is 18.1. The predicted octanol–water partition coefficient (Wildman–Crippen LogP) is 14.8. The molecule has 0 bridgehead atoms. The van der Waals surface area contributed by atoms with E-state index >= 15 is 0 Å². The smallest absolute Gasteiger partial charge is 0.308 e. The van der Waals surface area contributed by atoms with Gasteiger partial charge in [0.25, 0.3) is 0 Å². The Balaban J connectivity index is 4.29. The Hall–Kier alpha value is -1.63. The Bertz CT molecular complexity index is 831. The van der Waals surface area contributed by atoms with Gasteiger partial charge in [-0.15, -0.1) is 0 Å². The Morgan fingerprint density at radius 1 is 0.379 bits per heavy atom. The van der Waals surface area contributed by atoms with Crippen molar-refractivity contribution in [1.29, 1.82) is 0 Å². The third kappa shape index (κ3) is 38.6. The predicted molar refractivity (Wildman–Crippen MR) is 246 cm³/mol. The summed E-state index contributed by atoms with van der Waals surface area (Å²) >= 11 is 0. The molecule has 344 valence electrons. The molecule has 0 radical (unpaired) electrons. The van der Waals surface area contributed by atoms with Crippen LogP contribution in [0.3, 0.4) is 0 Å². The fraction of sp³-hybridized carbons (Fsp3) is 0.941. The lowest BCUT2D eigenvalue weighted by molar-refractivity contribution is -0.149. The zero-order chi connectivity index (χ0) is 42.7. The third-order valence-electron chi connectivity index (χ3n) is 12.1. The highest BCUT2D eigenvalue weighted by molar-refractivity contribution is 5.72. The molecular formula is C51H99NO6. The van der Waals surface area contributed by atoms with Gasteiger partial charge in [-0.05, 0) is 70.9 Å². The fourth-order valence-corrected chi connectivity index (χ4v) is 8.21. The zero-order valence-corrected chi connectivity index (χ0v) is 39.7. The van der Waals surface area contributed by atoms with Gasteiger partial charge in [-0.2, -0.15) is 0 Å². The molecule has 0 unspecified atom stereocenters. The molecule has 0 saturated carbocycles. The van der Waals surface area contributed by atoms with Crippen LogP contribution in [0.25, 0.3) is 0 Å². The number of esters is 3. The van der Waals surface area contributed by atoms with Crippen molar-refractivity contribution in [3.8, 4) is 0 Å². The Labute approximate surface area is 361 Å². The number of hydrogen-bond acceptors (Lipinski definition) is 7. The normalized spacial score (nSPS) is 11.7. The molecule has 0 atom stereocenters. The molecule has 0 heterocycles. The van der Waals surface area contributed by atoms with Gasteiger partial charge in [0.05, 0.1) is 25.7 Å². The third-order valence-corrected chi connectivity index (χ3v) is 12.1. The number of unbranched alkanes of at least 4 members (excludes halogenated alkanes) is 18. The molecule has 0 N–H and O–H groups in total. The number of nitrogens with zero attached hydrogens (tertiary/aromatic N) is 1. The van der Waals surface area contributed by atoms with Crippen LogP contribution < -0.4 is 0 Å². The minimum absolute atomic E-state index is 0.0142. The van der Waals surface area contributed by atoms with Crippen molar-refractivity contribution < 1.29 is 28.6 Å². The van der Waals surface area contributed by atoms with E-state index in [9.17, 15) is 14.4 Å². The molecule has 0 aliphatic carbocycles. The van der Waals surface area contributed by atoms with Crippen molar-refractivity contribution in [3.05, 3.63) is 0 Å². The maximum atomic E-state index is 13.1. The van der Waals surface area contributed by atoms with Crippen molar-refractivity contribution in [3.63, 3.8) is 0 Å².